The molecule has 88 valence electrons. The van der Waals surface area contributed by atoms with Crippen molar-refractivity contribution in [1.82, 2.24) is 9.97 Å². The molecule has 1 aromatic carbocycles. The lowest BCUT2D eigenvalue weighted by Gasteiger charge is -2.08. The number of hydrogen-bond donors (Lipinski definition) is 1. The zero-order valence-corrected chi connectivity index (χ0v) is 9.79. The Morgan fingerprint density at radius 3 is 2.65 bits per heavy atom. The average Bonchev–Trinajstić information content (AvgIpc) is 2.32. The summed E-state index contributed by atoms with van der Waals surface area (Å²) >= 11 is 0. The van der Waals surface area contributed by atoms with Crippen LogP contribution in [0.5, 0.6) is 17.4 Å². The van der Waals surface area contributed by atoms with Gasteiger partial charge in [0.05, 0.1) is 5.69 Å². The van der Waals surface area contributed by atoms with Gasteiger partial charge in [-0.2, -0.15) is 0 Å². The highest BCUT2D eigenvalue weighted by Crippen LogP contribution is 2.29. The number of rotatable bonds is 3. The molecular weight excluding hydrogens is 216 g/mol. The molecule has 0 unspecified atom stereocenters. The molecule has 0 atom stereocenters. The van der Waals surface area contributed by atoms with Gasteiger partial charge in [0.25, 0.3) is 0 Å². The molecule has 4 nitrogen and oxygen atoms in total. The van der Waals surface area contributed by atoms with E-state index in [2.05, 4.69) is 9.97 Å². The Hall–Kier alpha value is -2.10. The van der Waals surface area contributed by atoms with Crippen LogP contribution in [0.3, 0.4) is 0 Å². The fourth-order valence-corrected chi connectivity index (χ4v) is 1.38. The van der Waals surface area contributed by atoms with Crippen molar-refractivity contribution < 1.29 is 9.84 Å². The van der Waals surface area contributed by atoms with E-state index in [0.29, 0.717) is 17.5 Å². The van der Waals surface area contributed by atoms with Gasteiger partial charge < -0.3 is 9.84 Å². The van der Waals surface area contributed by atoms with Crippen molar-refractivity contribution in [2.75, 3.05) is 0 Å². The van der Waals surface area contributed by atoms with Gasteiger partial charge in [-0.25, -0.2) is 9.97 Å². The molecule has 0 fully saturated rings. The quantitative estimate of drug-likeness (QED) is 0.880. The number of para-hydroxylation sites is 2. The Balaban J connectivity index is 2.25. The summed E-state index contributed by atoms with van der Waals surface area (Å²) < 4.78 is 5.50. The molecule has 0 spiro atoms. The number of phenols is 1. The minimum atomic E-state index is 0.0946. The molecule has 1 aromatic heterocycles. The maximum atomic E-state index is 9.58. The van der Waals surface area contributed by atoms with Crippen LogP contribution in [0.1, 0.15) is 25.5 Å². The number of aromatic nitrogens is 2. The molecule has 0 saturated heterocycles. The minimum Gasteiger partial charge on any atom is -0.504 e. The summed E-state index contributed by atoms with van der Waals surface area (Å²) in [5.74, 6) is 1.23. The third-order valence-corrected chi connectivity index (χ3v) is 2.33. The lowest BCUT2D eigenvalue weighted by Crippen LogP contribution is -1.95. The second kappa shape index (κ2) is 4.82. The molecule has 4 heteroatoms. The molecular formula is C13H14N2O2. The summed E-state index contributed by atoms with van der Waals surface area (Å²) in [6, 6.07) is 8.56. The third-order valence-electron chi connectivity index (χ3n) is 2.33. The van der Waals surface area contributed by atoms with Crippen LogP contribution in [0.15, 0.2) is 36.7 Å². The van der Waals surface area contributed by atoms with Gasteiger partial charge in [0.1, 0.15) is 6.33 Å². The van der Waals surface area contributed by atoms with Gasteiger partial charge in [-0.05, 0) is 18.1 Å². The Labute approximate surface area is 99.9 Å². The van der Waals surface area contributed by atoms with Crippen LogP contribution in [-0.2, 0) is 0 Å². The molecule has 1 heterocycles. The number of nitrogens with zero attached hydrogens (tertiary/aromatic N) is 2. The van der Waals surface area contributed by atoms with Gasteiger partial charge in [0, 0.05) is 6.07 Å². The van der Waals surface area contributed by atoms with E-state index in [9.17, 15) is 5.11 Å². The van der Waals surface area contributed by atoms with E-state index in [1.54, 1.807) is 30.3 Å². The first-order valence-corrected chi connectivity index (χ1v) is 5.44. The molecule has 0 aliphatic rings. The number of hydrogen-bond acceptors (Lipinski definition) is 4. The molecule has 0 saturated carbocycles. The maximum Gasteiger partial charge on any atom is 0.222 e. The molecule has 2 aromatic rings. The predicted molar refractivity (Wildman–Crippen MR) is 64.3 cm³/mol. The predicted octanol–water partition coefficient (Wildman–Crippen LogP) is 3.10. The van der Waals surface area contributed by atoms with Crippen LogP contribution in [0.25, 0.3) is 0 Å². The van der Waals surface area contributed by atoms with Crippen molar-refractivity contribution in [1.29, 1.82) is 0 Å². The summed E-state index contributed by atoms with van der Waals surface area (Å²) in [6.07, 6.45) is 1.46. The van der Waals surface area contributed by atoms with E-state index in [0.717, 1.165) is 5.69 Å². The molecule has 0 radical (unpaired) electrons. The maximum absolute atomic E-state index is 9.58. The Bertz CT molecular complexity index is 512. The number of benzene rings is 1. The minimum absolute atomic E-state index is 0.0946. The standard InChI is InChI=1S/C13H14N2O2/c1-9(2)10-7-13(15-8-14-10)17-12-6-4-3-5-11(12)16/h3-9,16H,1-2H3. The second-order valence-corrected chi connectivity index (χ2v) is 4.01. The fraction of sp³-hybridized carbons (Fsp3) is 0.231. The average molecular weight is 230 g/mol. The van der Waals surface area contributed by atoms with Crippen molar-refractivity contribution in [3.63, 3.8) is 0 Å². The highest BCUT2D eigenvalue weighted by molar-refractivity contribution is 5.40. The highest BCUT2D eigenvalue weighted by atomic mass is 16.5. The molecule has 0 bridgehead atoms. The van der Waals surface area contributed by atoms with Crippen LogP contribution in [0.4, 0.5) is 0 Å². The fourth-order valence-electron chi connectivity index (χ4n) is 1.38. The van der Waals surface area contributed by atoms with E-state index in [-0.39, 0.29) is 5.75 Å². The van der Waals surface area contributed by atoms with Crippen molar-refractivity contribution in [3.8, 4) is 17.4 Å². The van der Waals surface area contributed by atoms with Crippen molar-refractivity contribution in [3.05, 3.63) is 42.4 Å². The lowest BCUT2D eigenvalue weighted by atomic mass is 10.1. The van der Waals surface area contributed by atoms with Gasteiger partial charge in [0.15, 0.2) is 11.5 Å². The van der Waals surface area contributed by atoms with Crippen molar-refractivity contribution in [2.45, 2.75) is 19.8 Å². The molecule has 17 heavy (non-hydrogen) atoms. The van der Waals surface area contributed by atoms with Crippen molar-refractivity contribution >= 4 is 0 Å². The number of ether oxygens (including phenoxy) is 1. The van der Waals surface area contributed by atoms with E-state index in [1.807, 2.05) is 13.8 Å². The van der Waals surface area contributed by atoms with E-state index in [1.165, 1.54) is 6.33 Å². The Kier molecular flexibility index (Phi) is 3.23. The van der Waals surface area contributed by atoms with Crippen LogP contribution in [0, 0.1) is 0 Å². The van der Waals surface area contributed by atoms with Gasteiger partial charge in [0.2, 0.25) is 5.88 Å². The van der Waals surface area contributed by atoms with Gasteiger partial charge >= 0.3 is 0 Å². The van der Waals surface area contributed by atoms with Crippen LogP contribution >= 0.6 is 0 Å². The summed E-state index contributed by atoms with van der Waals surface area (Å²) in [7, 11) is 0. The lowest BCUT2D eigenvalue weighted by molar-refractivity contribution is 0.401. The zero-order chi connectivity index (χ0) is 12.3. The highest BCUT2D eigenvalue weighted by Gasteiger charge is 2.06. The summed E-state index contributed by atoms with van der Waals surface area (Å²) in [4.78, 5) is 8.16. The van der Waals surface area contributed by atoms with Gasteiger partial charge in [-0.3, -0.25) is 0 Å². The summed E-state index contributed by atoms with van der Waals surface area (Å²) in [5, 5.41) is 9.58. The smallest absolute Gasteiger partial charge is 0.222 e. The molecule has 2 rings (SSSR count). The van der Waals surface area contributed by atoms with Crippen LogP contribution < -0.4 is 4.74 Å². The number of phenolic OH excluding ortho intramolecular Hbond substituents is 1. The SMILES string of the molecule is CC(C)c1cc(Oc2ccccc2O)ncn1. The van der Waals surface area contributed by atoms with Gasteiger partial charge in [-0.1, -0.05) is 26.0 Å². The zero-order valence-electron chi connectivity index (χ0n) is 9.79. The first kappa shape index (κ1) is 11.4. The first-order valence-electron chi connectivity index (χ1n) is 5.44. The van der Waals surface area contributed by atoms with E-state index < -0.39 is 0 Å². The second-order valence-electron chi connectivity index (χ2n) is 4.01. The normalized spacial score (nSPS) is 10.5. The topological polar surface area (TPSA) is 55.2 Å². The molecule has 0 aliphatic carbocycles. The van der Waals surface area contributed by atoms with Gasteiger partial charge in [-0.15, -0.1) is 0 Å². The number of aromatic hydroxyl groups is 1. The summed E-state index contributed by atoms with van der Waals surface area (Å²) in [6.45, 7) is 4.10. The molecule has 0 amide bonds. The molecule has 1 N–H and O–H groups in total. The van der Waals surface area contributed by atoms with E-state index in [4.69, 9.17) is 4.74 Å². The summed E-state index contributed by atoms with van der Waals surface area (Å²) in [5.41, 5.74) is 0.908. The first-order chi connectivity index (χ1) is 8.16. The Morgan fingerprint density at radius 1 is 1.18 bits per heavy atom. The Morgan fingerprint density at radius 2 is 1.94 bits per heavy atom. The monoisotopic (exact) mass is 230 g/mol. The van der Waals surface area contributed by atoms with E-state index >= 15 is 0 Å². The van der Waals surface area contributed by atoms with Crippen molar-refractivity contribution in [2.24, 2.45) is 0 Å². The third kappa shape index (κ3) is 2.72. The van der Waals surface area contributed by atoms with Crippen LogP contribution in [0.2, 0.25) is 0 Å². The van der Waals surface area contributed by atoms with Crippen LogP contribution in [-0.4, -0.2) is 15.1 Å². The largest absolute Gasteiger partial charge is 0.504 e. The molecule has 0 aliphatic heterocycles.